The van der Waals surface area contributed by atoms with Gasteiger partial charge in [0.25, 0.3) is 0 Å². The largest absolute Gasteiger partial charge is 0.485 e. The molecule has 19 heavy (non-hydrogen) atoms. The minimum absolute atomic E-state index is 0.0288. The molecular weight excluding hydrogens is 250 g/mol. The Labute approximate surface area is 110 Å². The van der Waals surface area contributed by atoms with Gasteiger partial charge in [-0.05, 0) is 17.5 Å². The van der Waals surface area contributed by atoms with Crippen LogP contribution in [0.1, 0.15) is 37.7 Å². The van der Waals surface area contributed by atoms with Gasteiger partial charge in [0.15, 0.2) is 5.82 Å². The highest BCUT2D eigenvalue weighted by molar-refractivity contribution is 5.35. The number of benzene rings is 1. The number of alkyl halides is 2. The lowest BCUT2D eigenvalue weighted by Crippen LogP contribution is -2.08. The summed E-state index contributed by atoms with van der Waals surface area (Å²) in [6.45, 7) is 1.55. The van der Waals surface area contributed by atoms with Crippen LogP contribution in [0.25, 0.3) is 0 Å². The van der Waals surface area contributed by atoms with Crippen LogP contribution < -0.4 is 4.74 Å². The number of rotatable bonds is 5. The highest BCUT2D eigenvalue weighted by Crippen LogP contribution is 2.26. The summed E-state index contributed by atoms with van der Waals surface area (Å²) in [4.78, 5) is 3.88. The SMILES string of the molecule is CC(C)c1ccccc1OCc1nccn1C(F)F. The van der Waals surface area contributed by atoms with Crippen LogP contribution in [-0.4, -0.2) is 9.55 Å². The maximum absolute atomic E-state index is 12.7. The molecule has 0 bridgehead atoms. The van der Waals surface area contributed by atoms with Crippen molar-refractivity contribution in [1.82, 2.24) is 9.55 Å². The molecule has 0 unspecified atom stereocenters. The van der Waals surface area contributed by atoms with Gasteiger partial charge >= 0.3 is 6.55 Å². The Bertz CT molecular complexity index is 538. The Hall–Kier alpha value is -1.91. The van der Waals surface area contributed by atoms with Crippen molar-refractivity contribution in [3.05, 3.63) is 48.0 Å². The zero-order valence-electron chi connectivity index (χ0n) is 10.9. The third-order valence-corrected chi connectivity index (χ3v) is 2.86. The van der Waals surface area contributed by atoms with Crippen LogP contribution in [0.2, 0.25) is 0 Å². The van der Waals surface area contributed by atoms with E-state index in [0.717, 1.165) is 10.1 Å². The highest BCUT2D eigenvalue weighted by Gasteiger charge is 2.13. The van der Waals surface area contributed by atoms with Crippen LogP contribution in [0.15, 0.2) is 36.7 Å². The van der Waals surface area contributed by atoms with Crippen molar-refractivity contribution in [3.8, 4) is 5.75 Å². The van der Waals surface area contributed by atoms with Crippen molar-refractivity contribution in [2.75, 3.05) is 0 Å². The molecule has 0 N–H and O–H groups in total. The number of ether oxygens (including phenoxy) is 1. The summed E-state index contributed by atoms with van der Waals surface area (Å²) >= 11 is 0. The molecule has 0 spiro atoms. The molecular formula is C14H16F2N2O. The lowest BCUT2D eigenvalue weighted by molar-refractivity contribution is 0.0632. The zero-order chi connectivity index (χ0) is 13.8. The Morgan fingerprint density at radius 1 is 1.26 bits per heavy atom. The predicted molar refractivity (Wildman–Crippen MR) is 68.3 cm³/mol. The third-order valence-electron chi connectivity index (χ3n) is 2.86. The van der Waals surface area contributed by atoms with Crippen LogP contribution in [0, 0.1) is 0 Å². The number of hydrogen-bond donors (Lipinski definition) is 0. The molecule has 2 aromatic rings. The average Bonchev–Trinajstić information content (AvgIpc) is 2.85. The van der Waals surface area contributed by atoms with E-state index in [0.29, 0.717) is 11.7 Å². The van der Waals surface area contributed by atoms with Gasteiger partial charge in [-0.3, -0.25) is 4.57 Å². The normalized spacial score (nSPS) is 11.3. The summed E-state index contributed by atoms with van der Waals surface area (Å²) in [5, 5.41) is 0. The average molecular weight is 266 g/mol. The molecule has 102 valence electrons. The number of hydrogen-bond acceptors (Lipinski definition) is 2. The summed E-state index contributed by atoms with van der Waals surface area (Å²) in [7, 11) is 0. The number of para-hydroxylation sites is 1. The summed E-state index contributed by atoms with van der Waals surface area (Å²) in [6, 6.07) is 7.60. The van der Waals surface area contributed by atoms with Gasteiger partial charge < -0.3 is 4.74 Å². The second kappa shape index (κ2) is 5.82. The van der Waals surface area contributed by atoms with E-state index >= 15 is 0 Å². The number of imidazole rings is 1. The van der Waals surface area contributed by atoms with E-state index in [1.807, 2.05) is 24.3 Å². The number of halogens is 2. The van der Waals surface area contributed by atoms with Crippen LogP contribution in [0.5, 0.6) is 5.75 Å². The molecule has 0 atom stereocenters. The Morgan fingerprint density at radius 3 is 2.68 bits per heavy atom. The first-order valence-electron chi connectivity index (χ1n) is 6.11. The van der Waals surface area contributed by atoms with Gasteiger partial charge in [0.2, 0.25) is 0 Å². The van der Waals surface area contributed by atoms with Gasteiger partial charge in [0, 0.05) is 12.4 Å². The highest BCUT2D eigenvalue weighted by atomic mass is 19.3. The molecule has 0 amide bonds. The summed E-state index contributed by atoms with van der Waals surface area (Å²) in [6.07, 6.45) is 2.59. The molecule has 5 heteroatoms. The molecule has 1 aromatic carbocycles. The molecule has 0 saturated heterocycles. The predicted octanol–water partition coefficient (Wildman–Crippen LogP) is 3.98. The van der Waals surface area contributed by atoms with Gasteiger partial charge in [0.1, 0.15) is 12.4 Å². The van der Waals surface area contributed by atoms with Crippen molar-refractivity contribution >= 4 is 0 Å². The van der Waals surface area contributed by atoms with E-state index in [2.05, 4.69) is 18.8 Å². The Morgan fingerprint density at radius 2 is 2.00 bits per heavy atom. The zero-order valence-corrected chi connectivity index (χ0v) is 10.9. The standard InChI is InChI=1S/C14H16F2N2O/c1-10(2)11-5-3-4-6-12(11)19-9-13-17-7-8-18(13)14(15)16/h3-8,10,14H,9H2,1-2H3. The molecule has 2 rings (SSSR count). The van der Waals surface area contributed by atoms with E-state index < -0.39 is 6.55 Å². The number of aromatic nitrogens is 2. The molecule has 3 nitrogen and oxygen atoms in total. The fourth-order valence-electron chi connectivity index (χ4n) is 1.86. The van der Waals surface area contributed by atoms with Crippen molar-refractivity contribution in [2.24, 2.45) is 0 Å². The fraction of sp³-hybridized carbons (Fsp3) is 0.357. The van der Waals surface area contributed by atoms with E-state index in [1.54, 1.807) is 0 Å². The molecule has 1 heterocycles. The van der Waals surface area contributed by atoms with Crippen molar-refractivity contribution in [3.63, 3.8) is 0 Å². The number of nitrogens with zero attached hydrogens (tertiary/aromatic N) is 2. The van der Waals surface area contributed by atoms with Crippen molar-refractivity contribution in [1.29, 1.82) is 0 Å². The molecule has 1 aromatic heterocycles. The van der Waals surface area contributed by atoms with Crippen LogP contribution in [0.3, 0.4) is 0 Å². The maximum atomic E-state index is 12.7. The van der Waals surface area contributed by atoms with Crippen LogP contribution in [-0.2, 0) is 6.61 Å². The van der Waals surface area contributed by atoms with E-state index in [1.165, 1.54) is 12.4 Å². The minimum atomic E-state index is -2.60. The van der Waals surface area contributed by atoms with Gasteiger partial charge in [0.05, 0.1) is 0 Å². The first kappa shape index (κ1) is 13.5. The second-order valence-electron chi connectivity index (χ2n) is 4.51. The molecule has 0 fully saturated rings. The maximum Gasteiger partial charge on any atom is 0.320 e. The Balaban J connectivity index is 2.13. The quantitative estimate of drug-likeness (QED) is 0.818. The lowest BCUT2D eigenvalue weighted by Gasteiger charge is -2.14. The van der Waals surface area contributed by atoms with E-state index in [9.17, 15) is 8.78 Å². The van der Waals surface area contributed by atoms with E-state index in [4.69, 9.17) is 4.74 Å². The monoisotopic (exact) mass is 266 g/mol. The van der Waals surface area contributed by atoms with Crippen LogP contribution in [0.4, 0.5) is 8.78 Å². The van der Waals surface area contributed by atoms with Crippen molar-refractivity contribution < 1.29 is 13.5 Å². The summed E-state index contributed by atoms with van der Waals surface area (Å²) < 4.78 is 31.7. The van der Waals surface area contributed by atoms with Crippen molar-refractivity contribution in [2.45, 2.75) is 32.9 Å². The summed E-state index contributed by atoms with van der Waals surface area (Å²) in [5.41, 5.74) is 1.05. The first-order chi connectivity index (χ1) is 9.09. The van der Waals surface area contributed by atoms with Gasteiger partial charge in [-0.15, -0.1) is 0 Å². The molecule has 0 radical (unpaired) electrons. The van der Waals surface area contributed by atoms with Gasteiger partial charge in [-0.25, -0.2) is 4.98 Å². The second-order valence-corrected chi connectivity index (χ2v) is 4.51. The lowest BCUT2D eigenvalue weighted by atomic mass is 10.0. The third kappa shape index (κ3) is 3.10. The minimum Gasteiger partial charge on any atom is -0.485 e. The topological polar surface area (TPSA) is 27.1 Å². The fourth-order valence-corrected chi connectivity index (χ4v) is 1.86. The van der Waals surface area contributed by atoms with Gasteiger partial charge in [-0.1, -0.05) is 32.0 Å². The summed E-state index contributed by atoms with van der Waals surface area (Å²) in [5.74, 6) is 1.24. The molecule has 0 saturated carbocycles. The Kier molecular flexibility index (Phi) is 4.14. The molecule has 0 aliphatic carbocycles. The first-order valence-corrected chi connectivity index (χ1v) is 6.11. The molecule has 0 aliphatic heterocycles. The van der Waals surface area contributed by atoms with E-state index in [-0.39, 0.29) is 12.4 Å². The smallest absolute Gasteiger partial charge is 0.320 e. The van der Waals surface area contributed by atoms with Crippen LogP contribution >= 0.6 is 0 Å². The molecule has 0 aliphatic rings. The van der Waals surface area contributed by atoms with Gasteiger partial charge in [-0.2, -0.15) is 8.78 Å².